The molecular weight excluding hydrogens is 460 g/mol. The van der Waals surface area contributed by atoms with E-state index in [1.807, 2.05) is 56.3 Å². The summed E-state index contributed by atoms with van der Waals surface area (Å²) in [6, 6.07) is 18.4. The third kappa shape index (κ3) is 6.27. The smallest absolute Gasteiger partial charge is 0.265 e. The molecule has 2 amide bonds. The molecule has 0 bridgehead atoms. The van der Waals surface area contributed by atoms with E-state index >= 15 is 0 Å². The highest BCUT2D eigenvalue weighted by molar-refractivity contribution is 5.99. The summed E-state index contributed by atoms with van der Waals surface area (Å²) in [5.41, 5.74) is 3.19. The van der Waals surface area contributed by atoms with E-state index in [0.717, 1.165) is 22.6 Å². The van der Waals surface area contributed by atoms with Crippen LogP contribution in [0.1, 0.15) is 17.5 Å². The number of carbonyl (C=O) groups is 2. The van der Waals surface area contributed by atoms with Gasteiger partial charge in [-0.3, -0.25) is 9.59 Å². The average Bonchev–Trinajstić information content (AvgIpc) is 2.88. The minimum Gasteiger partial charge on any atom is -0.497 e. The Kier molecular flexibility index (Phi) is 7.95. The number of anilines is 2. The van der Waals surface area contributed by atoms with Gasteiger partial charge in [0.2, 0.25) is 0 Å². The van der Waals surface area contributed by atoms with E-state index in [4.69, 9.17) is 18.9 Å². The first kappa shape index (κ1) is 24.9. The Morgan fingerprint density at radius 3 is 2.56 bits per heavy atom. The fourth-order valence-corrected chi connectivity index (χ4v) is 3.81. The predicted molar refractivity (Wildman–Crippen MR) is 137 cm³/mol. The Morgan fingerprint density at radius 1 is 1.00 bits per heavy atom. The summed E-state index contributed by atoms with van der Waals surface area (Å²) >= 11 is 0. The second-order valence-electron chi connectivity index (χ2n) is 8.50. The summed E-state index contributed by atoms with van der Waals surface area (Å²) in [7, 11) is 1.62. The van der Waals surface area contributed by atoms with Crippen molar-refractivity contribution in [2.45, 2.75) is 20.3 Å². The number of hydrogen-bond acceptors (Lipinski definition) is 6. The summed E-state index contributed by atoms with van der Waals surface area (Å²) in [5, 5.41) is 2.84. The Bertz CT molecular complexity index is 1230. The molecule has 1 aliphatic heterocycles. The molecule has 0 saturated heterocycles. The zero-order valence-electron chi connectivity index (χ0n) is 20.7. The van der Waals surface area contributed by atoms with E-state index < -0.39 is 0 Å². The lowest BCUT2D eigenvalue weighted by molar-refractivity contribution is -0.121. The zero-order chi connectivity index (χ0) is 25.5. The van der Waals surface area contributed by atoms with Gasteiger partial charge in [0.1, 0.15) is 23.0 Å². The van der Waals surface area contributed by atoms with Crippen LogP contribution in [0.15, 0.2) is 60.7 Å². The molecule has 0 unspecified atom stereocenters. The molecule has 0 aromatic heterocycles. The quantitative estimate of drug-likeness (QED) is 0.421. The third-order valence-electron chi connectivity index (χ3n) is 5.74. The van der Waals surface area contributed by atoms with Gasteiger partial charge in [-0.2, -0.15) is 0 Å². The zero-order valence-corrected chi connectivity index (χ0v) is 20.7. The standard InChI is InChI=1S/C28H30N2O6/c1-19-5-6-20(2)26(15-19)35-17-27(31)29-21-7-12-25-24(16-21)30(28(32)18-36-25)13-4-14-34-23-10-8-22(33-3)9-11-23/h5-12,15-16H,4,13-14,17-18H2,1-3H3,(H,29,31). The molecule has 0 saturated carbocycles. The monoisotopic (exact) mass is 490 g/mol. The average molecular weight is 491 g/mol. The van der Waals surface area contributed by atoms with E-state index in [0.29, 0.717) is 42.4 Å². The normalized spacial score (nSPS) is 12.4. The fraction of sp³-hybridized carbons (Fsp3) is 0.286. The van der Waals surface area contributed by atoms with Crippen LogP contribution in [0.4, 0.5) is 11.4 Å². The lowest BCUT2D eigenvalue weighted by Gasteiger charge is -2.30. The van der Waals surface area contributed by atoms with Crippen LogP contribution in [0.5, 0.6) is 23.0 Å². The molecule has 36 heavy (non-hydrogen) atoms. The molecule has 1 N–H and O–H groups in total. The molecule has 0 radical (unpaired) electrons. The van der Waals surface area contributed by atoms with Crippen molar-refractivity contribution in [2.24, 2.45) is 0 Å². The summed E-state index contributed by atoms with van der Waals surface area (Å²) < 4.78 is 22.2. The van der Waals surface area contributed by atoms with E-state index in [-0.39, 0.29) is 25.0 Å². The first-order valence-electron chi connectivity index (χ1n) is 11.8. The molecule has 3 aromatic carbocycles. The minimum absolute atomic E-state index is 0.0261. The van der Waals surface area contributed by atoms with Gasteiger partial charge >= 0.3 is 0 Å². The first-order chi connectivity index (χ1) is 17.4. The van der Waals surface area contributed by atoms with Crippen LogP contribution in [-0.4, -0.2) is 45.3 Å². The fourth-order valence-electron chi connectivity index (χ4n) is 3.81. The topological polar surface area (TPSA) is 86.3 Å². The van der Waals surface area contributed by atoms with Crippen molar-refractivity contribution in [1.82, 2.24) is 0 Å². The van der Waals surface area contributed by atoms with Gasteiger partial charge in [0.25, 0.3) is 11.8 Å². The summed E-state index contributed by atoms with van der Waals surface area (Å²) in [6.45, 7) is 4.66. The van der Waals surface area contributed by atoms with Crippen molar-refractivity contribution >= 4 is 23.2 Å². The molecule has 1 aliphatic rings. The van der Waals surface area contributed by atoms with Gasteiger partial charge in [-0.15, -0.1) is 0 Å². The van der Waals surface area contributed by atoms with Crippen LogP contribution in [0.2, 0.25) is 0 Å². The largest absolute Gasteiger partial charge is 0.497 e. The maximum absolute atomic E-state index is 12.6. The number of ether oxygens (including phenoxy) is 4. The van der Waals surface area contributed by atoms with Crippen LogP contribution >= 0.6 is 0 Å². The molecule has 8 nitrogen and oxygen atoms in total. The molecule has 0 aliphatic carbocycles. The van der Waals surface area contributed by atoms with Crippen molar-refractivity contribution in [1.29, 1.82) is 0 Å². The number of aryl methyl sites for hydroxylation is 2. The first-order valence-corrected chi connectivity index (χ1v) is 11.8. The van der Waals surface area contributed by atoms with Gasteiger partial charge in [0, 0.05) is 12.2 Å². The van der Waals surface area contributed by atoms with Crippen molar-refractivity contribution in [3.63, 3.8) is 0 Å². The predicted octanol–water partition coefficient (Wildman–Crippen LogP) is 4.52. The number of hydrogen-bond donors (Lipinski definition) is 1. The van der Waals surface area contributed by atoms with E-state index in [9.17, 15) is 9.59 Å². The van der Waals surface area contributed by atoms with Crippen LogP contribution in [0.3, 0.4) is 0 Å². The van der Waals surface area contributed by atoms with Gasteiger partial charge in [0.05, 0.1) is 19.4 Å². The highest BCUT2D eigenvalue weighted by Gasteiger charge is 2.25. The highest BCUT2D eigenvalue weighted by Crippen LogP contribution is 2.34. The third-order valence-corrected chi connectivity index (χ3v) is 5.74. The number of methoxy groups -OCH3 is 1. The number of fused-ring (bicyclic) bond motifs is 1. The Balaban J connectivity index is 1.34. The number of nitrogens with zero attached hydrogens (tertiary/aromatic N) is 1. The molecule has 0 fully saturated rings. The van der Waals surface area contributed by atoms with Crippen molar-refractivity contribution < 1.29 is 28.5 Å². The summed E-state index contributed by atoms with van der Waals surface area (Å²) in [6.07, 6.45) is 0.622. The molecular formula is C28H30N2O6. The summed E-state index contributed by atoms with van der Waals surface area (Å²) in [5.74, 6) is 2.33. The van der Waals surface area contributed by atoms with E-state index in [1.165, 1.54) is 0 Å². The lowest BCUT2D eigenvalue weighted by Crippen LogP contribution is -2.39. The van der Waals surface area contributed by atoms with Gasteiger partial charge in [-0.05, 0) is 79.9 Å². The van der Waals surface area contributed by atoms with Crippen LogP contribution in [0, 0.1) is 13.8 Å². The molecule has 1 heterocycles. The SMILES string of the molecule is COc1ccc(OCCCN2C(=O)COc3ccc(NC(=O)COc4cc(C)ccc4C)cc32)cc1. The van der Waals surface area contributed by atoms with Gasteiger partial charge < -0.3 is 29.2 Å². The molecule has 0 atom stereocenters. The number of rotatable bonds is 10. The molecule has 0 spiro atoms. The lowest BCUT2D eigenvalue weighted by atomic mass is 10.1. The Labute approximate surface area is 210 Å². The van der Waals surface area contributed by atoms with Gasteiger partial charge in [0.15, 0.2) is 13.2 Å². The van der Waals surface area contributed by atoms with E-state index in [2.05, 4.69) is 5.32 Å². The molecule has 188 valence electrons. The summed E-state index contributed by atoms with van der Waals surface area (Å²) in [4.78, 5) is 26.8. The number of nitrogens with one attached hydrogen (secondary N) is 1. The van der Waals surface area contributed by atoms with Gasteiger partial charge in [-0.1, -0.05) is 12.1 Å². The number of amides is 2. The molecule has 4 rings (SSSR count). The molecule has 8 heteroatoms. The Morgan fingerprint density at radius 2 is 1.78 bits per heavy atom. The highest BCUT2D eigenvalue weighted by atomic mass is 16.5. The number of benzene rings is 3. The van der Waals surface area contributed by atoms with Crippen molar-refractivity contribution in [3.05, 3.63) is 71.8 Å². The maximum atomic E-state index is 12.6. The van der Waals surface area contributed by atoms with E-state index in [1.54, 1.807) is 30.2 Å². The maximum Gasteiger partial charge on any atom is 0.265 e. The number of carbonyl (C=O) groups excluding carboxylic acids is 2. The molecule has 3 aromatic rings. The second-order valence-corrected chi connectivity index (χ2v) is 8.50. The van der Waals surface area contributed by atoms with Crippen molar-refractivity contribution in [2.75, 3.05) is 43.7 Å². The second kappa shape index (κ2) is 11.5. The van der Waals surface area contributed by atoms with Gasteiger partial charge in [-0.25, -0.2) is 0 Å². The van der Waals surface area contributed by atoms with Crippen LogP contribution in [0.25, 0.3) is 0 Å². The van der Waals surface area contributed by atoms with Crippen molar-refractivity contribution in [3.8, 4) is 23.0 Å². The van der Waals surface area contributed by atoms with Crippen LogP contribution < -0.4 is 29.2 Å². The van der Waals surface area contributed by atoms with Crippen LogP contribution in [-0.2, 0) is 9.59 Å². The Hall–Kier alpha value is -4.20. The minimum atomic E-state index is -0.293.